The lowest BCUT2D eigenvalue weighted by Gasteiger charge is -2.10. The summed E-state index contributed by atoms with van der Waals surface area (Å²) in [7, 11) is 0. The molecule has 4 heterocycles. The van der Waals surface area contributed by atoms with E-state index < -0.39 is 0 Å². The molecule has 21 aromatic rings. The summed E-state index contributed by atoms with van der Waals surface area (Å²) in [5, 5.41) is 27.5. The van der Waals surface area contributed by atoms with Gasteiger partial charge < -0.3 is 28.9 Å². The predicted octanol–water partition coefficient (Wildman–Crippen LogP) is 26.3. The molecule has 0 spiro atoms. The maximum atomic E-state index is 6.52. The van der Waals surface area contributed by atoms with Crippen molar-refractivity contribution in [2.45, 2.75) is 53.4 Å². The lowest BCUT2D eigenvalue weighted by atomic mass is 9.99. The van der Waals surface area contributed by atoms with E-state index in [1.165, 1.54) is 43.1 Å². The van der Waals surface area contributed by atoms with Gasteiger partial charge in [-0.3, -0.25) is 0 Å². The number of aromatic nitrogens is 4. The number of aromatic amines is 2. The molecule has 17 aromatic carbocycles. The van der Waals surface area contributed by atoms with Gasteiger partial charge in [0.1, 0.15) is 23.0 Å². The lowest BCUT2D eigenvalue weighted by molar-refractivity contribution is 0.317. The van der Waals surface area contributed by atoms with Crippen molar-refractivity contribution in [1.29, 1.82) is 0 Å². The van der Waals surface area contributed by atoms with Crippen LogP contribution in [0.25, 0.3) is 218 Å². The van der Waals surface area contributed by atoms with Gasteiger partial charge in [0.25, 0.3) is 0 Å². The Kier molecular flexibility index (Phi) is 13.6. The fraction of sp³-hybridized carbons (Fsp3) is 0.125. The third-order valence-corrected chi connectivity index (χ3v) is 22.1. The molecule has 498 valence electrons. The minimum atomic E-state index is 0.605. The largest absolute Gasteiger partial charge is 0.494 e. The highest BCUT2D eigenvalue weighted by Crippen LogP contribution is 2.56. The van der Waals surface area contributed by atoms with Crippen LogP contribution in [-0.2, 0) is 0 Å². The maximum absolute atomic E-state index is 6.52. The molecule has 0 amide bonds. The molecule has 0 atom stereocenters. The molecule has 0 saturated heterocycles. The Hall–Kier alpha value is -12.5. The van der Waals surface area contributed by atoms with Gasteiger partial charge in [-0.1, -0.05) is 222 Å². The van der Waals surface area contributed by atoms with E-state index in [1.807, 2.05) is 0 Å². The summed E-state index contributed by atoms with van der Waals surface area (Å²) in [6.07, 6.45) is 3.55. The number of hydrogen-bond donors (Lipinski definition) is 2. The Balaban J connectivity index is 1.12. The molecule has 0 saturated carbocycles. The molecule has 0 fully saturated rings. The molecule has 21 rings (SSSR count). The molecule has 8 bridgehead atoms. The molecule has 104 heavy (non-hydrogen) atoms. The van der Waals surface area contributed by atoms with Crippen LogP contribution in [0.1, 0.15) is 53.4 Å². The standard InChI is InChI=1S/C96H70N4O4/c1-5-49-101-61-41-33-57(34-42-61)77-89-81-65-25-9-17-53-19-11-27-67(73(53)65)83(81)91(97-89)78(58-35-43-62(44-36-58)102-50-6-2)93-85-69-29-13-21-55-23-15-31-71(75(55)69)87(85)95(99-93)80(60-39-47-64(48-40-60)104-52-8-4)96-88-72-32-16-24-56-22-14-30-70(76(56)72)86(88)94(100-96)79(59-37-45-63(46-38-59)103-51-7-3)92-84-68-28-12-20-54-18-10-26-66(74(54)68)82(84)90(77)98-92/h9-48,97,100H,5-8,49-52H2,1-4H3. The minimum absolute atomic E-state index is 0.605. The van der Waals surface area contributed by atoms with E-state index in [4.69, 9.17) is 28.9 Å². The summed E-state index contributed by atoms with van der Waals surface area (Å²) in [6, 6.07) is 89.8. The number of nitrogens with one attached hydrogen (secondary N) is 2. The van der Waals surface area contributed by atoms with Crippen molar-refractivity contribution in [3.8, 4) is 67.5 Å². The molecule has 0 unspecified atom stereocenters. The van der Waals surface area contributed by atoms with Crippen LogP contribution in [-0.4, -0.2) is 46.4 Å². The zero-order chi connectivity index (χ0) is 69.0. The lowest BCUT2D eigenvalue weighted by Crippen LogP contribution is -1.94. The van der Waals surface area contributed by atoms with Gasteiger partial charge >= 0.3 is 0 Å². The average Bonchev–Trinajstić information content (AvgIpc) is 1.53. The van der Waals surface area contributed by atoms with E-state index >= 15 is 0 Å². The van der Waals surface area contributed by atoms with E-state index in [-0.39, 0.29) is 0 Å². The summed E-state index contributed by atoms with van der Waals surface area (Å²) < 4.78 is 25.9. The summed E-state index contributed by atoms with van der Waals surface area (Å²) in [5.41, 5.74) is 15.2. The molecular weight excluding hydrogens is 1270 g/mol. The number of nitrogens with zero attached hydrogens (tertiary/aromatic N) is 2. The molecule has 4 aromatic heterocycles. The normalized spacial score (nSPS) is 12.3. The number of H-pyrrole nitrogens is 2. The van der Waals surface area contributed by atoms with Crippen molar-refractivity contribution in [2.24, 2.45) is 0 Å². The molecule has 2 N–H and O–H groups in total. The summed E-state index contributed by atoms with van der Waals surface area (Å²) in [5.74, 6) is 3.25. The van der Waals surface area contributed by atoms with Gasteiger partial charge in [-0.15, -0.1) is 0 Å². The Morgan fingerprint density at radius 3 is 0.606 bits per heavy atom. The van der Waals surface area contributed by atoms with Crippen LogP contribution in [0.5, 0.6) is 23.0 Å². The fourth-order valence-corrected chi connectivity index (χ4v) is 17.9. The van der Waals surface area contributed by atoms with Crippen molar-refractivity contribution in [3.05, 3.63) is 243 Å². The van der Waals surface area contributed by atoms with E-state index in [2.05, 4.69) is 280 Å². The Bertz CT molecular complexity index is 5970. The summed E-state index contributed by atoms with van der Waals surface area (Å²) in [4.78, 5) is 22.1. The Morgan fingerprint density at radius 2 is 0.413 bits per heavy atom. The topological polar surface area (TPSA) is 94.3 Å². The van der Waals surface area contributed by atoms with E-state index in [9.17, 15) is 0 Å². The van der Waals surface area contributed by atoms with Gasteiger partial charge in [0.15, 0.2) is 0 Å². The second-order valence-electron chi connectivity index (χ2n) is 28.2. The quantitative estimate of drug-likeness (QED) is 0.100. The van der Waals surface area contributed by atoms with Crippen molar-refractivity contribution in [3.63, 3.8) is 0 Å². The third kappa shape index (κ3) is 8.72. The average molecular weight is 1340 g/mol. The van der Waals surface area contributed by atoms with Gasteiger partial charge in [0, 0.05) is 65.3 Å². The second kappa shape index (κ2) is 23.5. The van der Waals surface area contributed by atoms with Crippen LogP contribution in [0.3, 0.4) is 0 Å². The van der Waals surface area contributed by atoms with E-state index in [0.29, 0.717) is 26.4 Å². The SMILES string of the molecule is CCCOc1ccc(-c2c3nc(c(-c4ccc(OCCC)cc4)c4[nH]c(c(-c5ccc(OCCC)cc5)c5nc(c(-c6ccc(OCCC)cc6)c6[nH]c2c2c7cccc8cccc(c87)c62)c2c6cccc7cccc(c76)c52)c2c5cccc6cccc(c65)c42)c2c4cccc5cccc(c54)c32)cc1. The Labute approximate surface area is 598 Å². The van der Waals surface area contributed by atoms with E-state index in [1.54, 1.807) is 0 Å². The molecule has 0 radical (unpaired) electrons. The number of ether oxygens (including phenoxy) is 4. The fourth-order valence-electron chi connectivity index (χ4n) is 17.9. The summed E-state index contributed by atoms with van der Waals surface area (Å²) >= 11 is 0. The molecule has 0 aliphatic heterocycles. The van der Waals surface area contributed by atoms with E-state index in [0.717, 1.165) is 224 Å². The highest BCUT2D eigenvalue weighted by atomic mass is 16.5. The Morgan fingerprint density at radius 1 is 0.221 bits per heavy atom. The highest BCUT2D eigenvalue weighted by molar-refractivity contribution is 6.47. The predicted molar refractivity (Wildman–Crippen MR) is 438 cm³/mol. The van der Waals surface area contributed by atoms with Gasteiger partial charge in [0.2, 0.25) is 0 Å². The maximum Gasteiger partial charge on any atom is 0.119 e. The zero-order valence-electron chi connectivity index (χ0n) is 58.3. The van der Waals surface area contributed by atoms with Crippen molar-refractivity contribution in [1.82, 2.24) is 19.9 Å². The zero-order valence-corrected chi connectivity index (χ0v) is 58.3. The van der Waals surface area contributed by atoms with Crippen LogP contribution in [0, 0.1) is 0 Å². The first-order valence-electron chi connectivity index (χ1n) is 36.9. The van der Waals surface area contributed by atoms with Crippen molar-refractivity contribution in [2.75, 3.05) is 26.4 Å². The van der Waals surface area contributed by atoms with Crippen molar-refractivity contribution < 1.29 is 18.9 Å². The van der Waals surface area contributed by atoms with Crippen LogP contribution in [0.2, 0.25) is 0 Å². The molecular formula is C96H70N4O4. The second-order valence-corrected chi connectivity index (χ2v) is 28.2. The van der Waals surface area contributed by atoms with Gasteiger partial charge in [-0.2, -0.15) is 0 Å². The van der Waals surface area contributed by atoms with Gasteiger partial charge in [-0.05, 0) is 183 Å². The van der Waals surface area contributed by atoms with Crippen LogP contribution < -0.4 is 18.9 Å². The molecule has 0 aliphatic carbocycles. The monoisotopic (exact) mass is 1340 g/mol. The highest BCUT2D eigenvalue weighted by Gasteiger charge is 2.31. The van der Waals surface area contributed by atoms with Crippen LogP contribution in [0.4, 0.5) is 0 Å². The van der Waals surface area contributed by atoms with Gasteiger partial charge in [-0.25, -0.2) is 9.97 Å². The first-order chi connectivity index (χ1) is 51.5. The molecule has 0 aliphatic rings. The first kappa shape index (κ1) is 60.3. The van der Waals surface area contributed by atoms with Gasteiger partial charge in [0.05, 0.1) is 70.6 Å². The first-order valence-corrected chi connectivity index (χ1v) is 36.9. The van der Waals surface area contributed by atoms with Crippen LogP contribution in [0.15, 0.2) is 243 Å². The minimum Gasteiger partial charge on any atom is -0.494 e. The number of hydrogen-bond acceptors (Lipinski definition) is 6. The van der Waals surface area contributed by atoms with Crippen molar-refractivity contribution >= 4 is 173 Å². The smallest absolute Gasteiger partial charge is 0.119 e. The molecule has 8 nitrogen and oxygen atoms in total. The number of rotatable bonds is 16. The third-order valence-electron chi connectivity index (χ3n) is 22.1. The summed E-state index contributed by atoms with van der Waals surface area (Å²) in [6.45, 7) is 11.0. The number of benzene rings is 12. The molecule has 8 heteroatoms. The van der Waals surface area contributed by atoms with Crippen LogP contribution >= 0.6 is 0 Å².